The zero-order chi connectivity index (χ0) is 34.7. The van der Waals surface area contributed by atoms with Gasteiger partial charge in [0.2, 0.25) is 0 Å². The summed E-state index contributed by atoms with van der Waals surface area (Å²) in [5.74, 6) is -3.76. The Kier molecular flexibility index (Phi) is 11.4. The molecular formula is C37H53N3O7. The molecule has 4 rings (SSSR count). The van der Waals surface area contributed by atoms with Gasteiger partial charge in [-0.3, -0.25) is 19.4 Å². The number of hydrogen-bond acceptors (Lipinski definition) is 8. The molecule has 2 aliphatic heterocycles. The molecule has 9 atom stereocenters. The van der Waals surface area contributed by atoms with E-state index in [1.54, 1.807) is 39.0 Å². The largest absolute Gasteiger partial charge is 0.458 e. The SMILES string of the molecule is CC[C@H]1OC(=O)[C@H](C)C(=O)[C@H](C)[C@@H](C)[C@](C)(OC)C[C@@H](C)C(=O)[C@H](C)[C@H]2N(CCCCn3ccc(-c4cccnc4)c3)C(=O)O[C@]12C. The summed E-state index contributed by atoms with van der Waals surface area (Å²) >= 11 is 0. The number of esters is 1. The Bertz CT molecular complexity index is 1430. The van der Waals surface area contributed by atoms with Gasteiger partial charge in [0.15, 0.2) is 5.60 Å². The summed E-state index contributed by atoms with van der Waals surface area (Å²) in [5.41, 5.74) is 0.0323. The van der Waals surface area contributed by atoms with Gasteiger partial charge < -0.3 is 23.7 Å². The zero-order valence-corrected chi connectivity index (χ0v) is 29.5. The van der Waals surface area contributed by atoms with Crippen LogP contribution in [0.3, 0.4) is 0 Å². The minimum atomic E-state index is -1.30. The van der Waals surface area contributed by atoms with Crippen molar-refractivity contribution in [2.45, 2.75) is 111 Å². The van der Waals surface area contributed by atoms with E-state index >= 15 is 0 Å². The Labute approximate surface area is 279 Å². The molecule has 2 aromatic heterocycles. The number of ether oxygens (including phenoxy) is 3. The Morgan fingerprint density at radius 3 is 2.30 bits per heavy atom. The molecule has 1 amide bonds. The van der Waals surface area contributed by atoms with Crippen LogP contribution in [0.2, 0.25) is 0 Å². The van der Waals surface area contributed by atoms with Gasteiger partial charge in [-0.2, -0.15) is 0 Å². The van der Waals surface area contributed by atoms with Crippen LogP contribution in [0.5, 0.6) is 0 Å². The van der Waals surface area contributed by atoms with Crippen LogP contribution in [0.15, 0.2) is 43.0 Å². The van der Waals surface area contributed by atoms with Crippen LogP contribution in [0.1, 0.15) is 81.1 Å². The van der Waals surface area contributed by atoms with Crippen molar-refractivity contribution in [3.8, 4) is 11.1 Å². The third kappa shape index (κ3) is 7.32. The molecule has 0 saturated carbocycles. The lowest BCUT2D eigenvalue weighted by Gasteiger charge is -2.43. The van der Waals surface area contributed by atoms with E-state index in [2.05, 4.69) is 21.8 Å². The molecular weight excluding hydrogens is 598 g/mol. The highest BCUT2D eigenvalue weighted by atomic mass is 16.6. The second kappa shape index (κ2) is 14.7. The number of ketones is 2. The van der Waals surface area contributed by atoms with Crippen LogP contribution in [0.25, 0.3) is 11.1 Å². The van der Waals surface area contributed by atoms with E-state index in [1.807, 2.05) is 59.1 Å². The lowest BCUT2D eigenvalue weighted by Crippen LogP contribution is -2.58. The van der Waals surface area contributed by atoms with Crippen LogP contribution in [-0.4, -0.2) is 75.1 Å². The second-order valence-electron chi connectivity index (χ2n) is 14.1. The smallest absolute Gasteiger partial charge is 0.410 e. The lowest BCUT2D eigenvalue weighted by atomic mass is 9.70. The maximum Gasteiger partial charge on any atom is 0.410 e. The van der Waals surface area contributed by atoms with Crippen molar-refractivity contribution < 1.29 is 33.4 Å². The third-order valence-corrected chi connectivity index (χ3v) is 11.1. The van der Waals surface area contributed by atoms with Gasteiger partial charge in [0.25, 0.3) is 0 Å². The quantitative estimate of drug-likeness (QED) is 0.184. The predicted octanol–water partition coefficient (Wildman–Crippen LogP) is 6.36. The number of nitrogens with zero attached hydrogens (tertiary/aromatic N) is 3. The summed E-state index contributed by atoms with van der Waals surface area (Å²) in [4.78, 5) is 60.7. The monoisotopic (exact) mass is 651 g/mol. The summed E-state index contributed by atoms with van der Waals surface area (Å²) in [5, 5.41) is 0. The average Bonchev–Trinajstić information content (AvgIpc) is 3.64. The lowest BCUT2D eigenvalue weighted by molar-refractivity contribution is -0.172. The number of rotatable bonds is 8. The van der Waals surface area contributed by atoms with Gasteiger partial charge in [0.1, 0.15) is 23.6 Å². The molecule has 47 heavy (non-hydrogen) atoms. The molecule has 10 nitrogen and oxygen atoms in total. The van der Waals surface area contributed by atoms with Crippen LogP contribution in [-0.2, 0) is 35.1 Å². The van der Waals surface area contributed by atoms with E-state index in [1.165, 1.54) is 0 Å². The molecule has 2 fully saturated rings. The van der Waals surface area contributed by atoms with Crippen molar-refractivity contribution in [1.29, 1.82) is 0 Å². The maximum absolute atomic E-state index is 14.2. The molecule has 2 aliphatic rings. The predicted molar refractivity (Wildman–Crippen MR) is 178 cm³/mol. The Morgan fingerprint density at radius 2 is 1.66 bits per heavy atom. The highest BCUT2D eigenvalue weighted by Gasteiger charge is 2.60. The summed E-state index contributed by atoms with van der Waals surface area (Å²) in [6, 6.07) is 5.31. The Hall–Kier alpha value is -3.53. The highest BCUT2D eigenvalue weighted by molar-refractivity contribution is 6.00. The normalized spacial score (nSPS) is 34.1. The van der Waals surface area contributed by atoms with Crippen molar-refractivity contribution in [3.05, 3.63) is 43.0 Å². The molecule has 0 unspecified atom stereocenters. The molecule has 0 radical (unpaired) electrons. The van der Waals surface area contributed by atoms with E-state index in [9.17, 15) is 19.2 Å². The van der Waals surface area contributed by atoms with Crippen LogP contribution < -0.4 is 0 Å². The van der Waals surface area contributed by atoms with E-state index in [4.69, 9.17) is 14.2 Å². The minimum absolute atomic E-state index is 0.0270. The summed E-state index contributed by atoms with van der Waals surface area (Å²) in [6.45, 7) is 15.7. The first-order valence-corrected chi connectivity index (χ1v) is 17.1. The van der Waals surface area contributed by atoms with Crippen molar-refractivity contribution in [1.82, 2.24) is 14.5 Å². The maximum atomic E-state index is 14.2. The molecule has 0 aromatic carbocycles. The molecule has 10 heteroatoms. The first-order chi connectivity index (χ1) is 22.2. The first-order valence-electron chi connectivity index (χ1n) is 17.1. The van der Waals surface area contributed by atoms with E-state index < -0.39 is 59.1 Å². The van der Waals surface area contributed by atoms with Crippen molar-refractivity contribution >= 4 is 23.6 Å². The fraction of sp³-hybridized carbons (Fsp3) is 0.649. The Balaban J connectivity index is 1.60. The number of aryl methyl sites for hydroxylation is 1. The minimum Gasteiger partial charge on any atom is -0.458 e. The molecule has 4 heterocycles. The molecule has 258 valence electrons. The van der Waals surface area contributed by atoms with Crippen LogP contribution in [0.4, 0.5) is 4.79 Å². The van der Waals surface area contributed by atoms with E-state index in [0.717, 1.165) is 24.1 Å². The van der Waals surface area contributed by atoms with Gasteiger partial charge >= 0.3 is 12.1 Å². The van der Waals surface area contributed by atoms with E-state index in [-0.39, 0.29) is 17.5 Å². The van der Waals surface area contributed by atoms with Gasteiger partial charge in [-0.05, 0) is 64.5 Å². The van der Waals surface area contributed by atoms with Gasteiger partial charge in [0, 0.05) is 73.9 Å². The van der Waals surface area contributed by atoms with Gasteiger partial charge in [0.05, 0.1) is 11.6 Å². The molecule has 0 spiro atoms. The highest BCUT2D eigenvalue weighted by Crippen LogP contribution is 2.43. The molecule has 2 aromatic rings. The summed E-state index contributed by atoms with van der Waals surface area (Å²) in [7, 11) is 1.59. The molecule has 0 aliphatic carbocycles. The fourth-order valence-corrected chi connectivity index (χ4v) is 7.75. The number of pyridine rings is 1. The topological polar surface area (TPSA) is 117 Å². The molecule has 0 bridgehead atoms. The standard InChI is InChI=1S/C37H53N3O7/c1-10-30-37(8)33(40(35(44)47-37)18-12-11-17-39-19-15-29(22-39)28-14-13-16-38-21-28)25(4)31(41)23(2)20-36(7,45-9)27(6)24(3)32(42)26(5)34(43)46-30/h13-16,19,21-27,30,33H,10-12,17-18,20H2,1-9H3/t23-,24-,25+,26-,27-,30-,33-,36-,37-/m1/s1. The first kappa shape index (κ1) is 36.3. The third-order valence-electron chi connectivity index (χ3n) is 11.1. The fourth-order valence-electron chi connectivity index (χ4n) is 7.75. The number of amides is 1. The number of aromatic nitrogens is 2. The number of hydrogen-bond donors (Lipinski definition) is 0. The molecule has 0 N–H and O–H groups in total. The van der Waals surface area contributed by atoms with Crippen molar-refractivity contribution in [2.75, 3.05) is 13.7 Å². The summed E-state index contributed by atoms with van der Waals surface area (Å²) in [6.07, 6.45) is 8.53. The van der Waals surface area contributed by atoms with Gasteiger partial charge in [-0.1, -0.05) is 40.7 Å². The number of Topliss-reactive ketones (excluding diaryl/α,β-unsaturated/α-hetero) is 2. The van der Waals surface area contributed by atoms with Crippen molar-refractivity contribution in [3.63, 3.8) is 0 Å². The number of methoxy groups -OCH3 is 1. The Morgan fingerprint density at radius 1 is 0.957 bits per heavy atom. The average molecular weight is 652 g/mol. The number of fused-ring (bicyclic) bond motifs is 1. The number of carbonyl (C=O) groups excluding carboxylic acids is 4. The van der Waals surface area contributed by atoms with Crippen LogP contribution in [0, 0.1) is 29.6 Å². The zero-order valence-electron chi connectivity index (χ0n) is 29.5. The van der Waals surface area contributed by atoms with E-state index in [0.29, 0.717) is 25.8 Å². The number of unbranched alkanes of at least 4 members (excludes halogenated alkanes) is 1. The van der Waals surface area contributed by atoms with Crippen LogP contribution >= 0.6 is 0 Å². The molecule has 2 saturated heterocycles. The van der Waals surface area contributed by atoms with Gasteiger partial charge in [-0.25, -0.2) is 4.79 Å². The second-order valence-corrected chi connectivity index (χ2v) is 14.1. The summed E-state index contributed by atoms with van der Waals surface area (Å²) < 4.78 is 20.2. The van der Waals surface area contributed by atoms with Gasteiger partial charge in [-0.15, -0.1) is 0 Å². The van der Waals surface area contributed by atoms with Crippen molar-refractivity contribution in [2.24, 2.45) is 29.6 Å². The number of carbonyl (C=O) groups is 4. The number of cyclic esters (lactones) is 1.